The van der Waals surface area contributed by atoms with Crippen molar-refractivity contribution in [1.82, 2.24) is 5.48 Å². The number of hydroxylamine groups is 1. The average molecular weight is 263 g/mol. The van der Waals surface area contributed by atoms with Gasteiger partial charge in [0.15, 0.2) is 11.6 Å². The maximum absolute atomic E-state index is 12.2. The van der Waals surface area contributed by atoms with Crippen molar-refractivity contribution in [3.05, 3.63) is 11.3 Å². The zero-order valence-electron chi connectivity index (χ0n) is 11.8. The predicted octanol–water partition coefficient (Wildman–Crippen LogP) is 2.15. The summed E-state index contributed by atoms with van der Waals surface area (Å²) in [5, 5.41) is 0. The normalized spacial score (nSPS) is 18.1. The fourth-order valence-corrected chi connectivity index (χ4v) is 2.24. The predicted molar refractivity (Wildman–Crippen MR) is 72.9 cm³/mol. The van der Waals surface area contributed by atoms with Crippen molar-refractivity contribution in [1.29, 1.82) is 0 Å². The maximum atomic E-state index is 12.2. The van der Waals surface area contributed by atoms with Crippen molar-refractivity contribution in [3.8, 4) is 12.3 Å². The average Bonchev–Trinajstić information content (AvgIpc) is 2.26. The van der Waals surface area contributed by atoms with E-state index in [1.165, 1.54) is 0 Å². The van der Waals surface area contributed by atoms with E-state index in [0.717, 1.165) is 6.42 Å². The summed E-state index contributed by atoms with van der Waals surface area (Å²) >= 11 is 0. The van der Waals surface area contributed by atoms with E-state index in [0.29, 0.717) is 25.0 Å². The molecule has 0 amide bonds. The molecule has 19 heavy (non-hydrogen) atoms. The van der Waals surface area contributed by atoms with Crippen LogP contribution in [0.1, 0.15) is 46.5 Å². The zero-order valence-corrected chi connectivity index (χ0v) is 11.8. The van der Waals surface area contributed by atoms with Gasteiger partial charge in [0.2, 0.25) is 0 Å². The Hall–Kier alpha value is -1.60. The van der Waals surface area contributed by atoms with Crippen molar-refractivity contribution in [2.45, 2.75) is 46.5 Å². The molecule has 1 rings (SSSR count). The lowest BCUT2D eigenvalue weighted by Gasteiger charge is -2.29. The first-order chi connectivity index (χ1) is 8.91. The lowest BCUT2D eigenvalue weighted by atomic mass is 9.73. The second kappa shape index (κ2) is 6.53. The van der Waals surface area contributed by atoms with Crippen LogP contribution in [-0.2, 0) is 14.4 Å². The van der Waals surface area contributed by atoms with Crippen LogP contribution in [0.5, 0.6) is 0 Å². The highest BCUT2D eigenvalue weighted by atomic mass is 16.6. The Labute approximate surface area is 114 Å². The second-order valence-corrected chi connectivity index (χ2v) is 5.56. The first-order valence-electron chi connectivity index (χ1n) is 6.52. The summed E-state index contributed by atoms with van der Waals surface area (Å²) in [6.45, 7) is 5.93. The first-order valence-corrected chi connectivity index (χ1v) is 6.52. The zero-order chi connectivity index (χ0) is 14.5. The Kier molecular flexibility index (Phi) is 5.31. The van der Waals surface area contributed by atoms with E-state index in [9.17, 15) is 9.59 Å². The number of Topliss-reactive ketones (excluding diaryl/α,β-unsaturated/α-hetero) is 2. The Bertz CT molecular complexity index is 419. The third-order valence-electron chi connectivity index (χ3n) is 2.99. The van der Waals surface area contributed by atoms with Gasteiger partial charge in [-0.1, -0.05) is 33.1 Å². The molecule has 0 heterocycles. The molecule has 104 valence electrons. The van der Waals surface area contributed by atoms with Crippen LogP contribution >= 0.6 is 0 Å². The smallest absolute Gasteiger partial charge is 0.168 e. The number of terminal acetylenes is 1. The number of carbonyl (C=O) groups excluding carboxylic acids is 2. The van der Waals surface area contributed by atoms with E-state index < -0.39 is 0 Å². The molecule has 0 aliphatic heterocycles. The molecule has 0 aromatic heterocycles. The molecule has 0 radical (unpaired) electrons. The van der Waals surface area contributed by atoms with Gasteiger partial charge in [-0.15, -0.1) is 6.42 Å². The van der Waals surface area contributed by atoms with Gasteiger partial charge in [-0.25, -0.2) is 0 Å². The van der Waals surface area contributed by atoms with E-state index >= 15 is 0 Å². The van der Waals surface area contributed by atoms with Gasteiger partial charge < -0.3 is 0 Å². The van der Waals surface area contributed by atoms with Crippen LogP contribution < -0.4 is 5.48 Å². The standard InChI is InChI=1S/C15H21NO3/c1-5-7-11(16-19-8-6-2)14-12(17)9-15(3,4)10-13(14)18/h2,16H,5,7-10H2,1,3-4H3. The molecule has 1 aliphatic rings. The summed E-state index contributed by atoms with van der Waals surface area (Å²) in [5.41, 5.74) is 3.24. The van der Waals surface area contributed by atoms with Crippen molar-refractivity contribution in [2.24, 2.45) is 5.41 Å². The van der Waals surface area contributed by atoms with Gasteiger partial charge in [0.05, 0.1) is 11.3 Å². The SMILES string of the molecule is C#CCONC(CCC)=C1C(=O)CC(C)(C)CC1=O. The lowest BCUT2D eigenvalue weighted by molar-refractivity contribution is -0.127. The van der Waals surface area contributed by atoms with Crippen LogP contribution in [0.15, 0.2) is 11.3 Å². The van der Waals surface area contributed by atoms with Crippen LogP contribution in [0.4, 0.5) is 0 Å². The van der Waals surface area contributed by atoms with E-state index in [-0.39, 0.29) is 29.2 Å². The molecule has 1 fully saturated rings. The third-order valence-corrected chi connectivity index (χ3v) is 2.99. The van der Waals surface area contributed by atoms with Crippen LogP contribution in [-0.4, -0.2) is 18.2 Å². The minimum Gasteiger partial charge on any atom is -0.294 e. The third kappa shape index (κ3) is 4.22. The maximum Gasteiger partial charge on any atom is 0.168 e. The quantitative estimate of drug-likeness (QED) is 0.271. The Morgan fingerprint density at radius 2 is 1.95 bits per heavy atom. The van der Waals surface area contributed by atoms with Gasteiger partial charge in [0, 0.05) is 12.8 Å². The van der Waals surface area contributed by atoms with E-state index in [1.807, 2.05) is 20.8 Å². The monoisotopic (exact) mass is 263 g/mol. The van der Waals surface area contributed by atoms with Gasteiger partial charge in [-0.3, -0.25) is 19.9 Å². The van der Waals surface area contributed by atoms with Crippen molar-refractivity contribution >= 4 is 11.6 Å². The molecule has 0 saturated heterocycles. The van der Waals surface area contributed by atoms with E-state index in [4.69, 9.17) is 11.3 Å². The topological polar surface area (TPSA) is 55.4 Å². The molecule has 1 saturated carbocycles. The molecule has 0 aromatic rings. The molecular formula is C15H21NO3. The molecular weight excluding hydrogens is 242 g/mol. The molecule has 4 nitrogen and oxygen atoms in total. The van der Waals surface area contributed by atoms with Gasteiger partial charge in [0.1, 0.15) is 6.61 Å². The number of ketones is 2. The highest BCUT2D eigenvalue weighted by Crippen LogP contribution is 2.34. The van der Waals surface area contributed by atoms with Crippen molar-refractivity contribution in [2.75, 3.05) is 6.61 Å². The van der Waals surface area contributed by atoms with Gasteiger partial charge in [0.25, 0.3) is 0 Å². The number of carbonyl (C=O) groups is 2. The number of allylic oxidation sites excluding steroid dienone is 2. The molecule has 0 bridgehead atoms. The van der Waals surface area contributed by atoms with Crippen molar-refractivity contribution < 1.29 is 14.4 Å². The molecule has 0 unspecified atom stereocenters. The molecule has 0 spiro atoms. The lowest BCUT2D eigenvalue weighted by Crippen LogP contribution is -2.34. The van der Waals surface area contributed by atoms with E-state index in [1.54, 1.807) is 0 Å². The fraction of sp³-hybridized carbons (Fsp3) is 0.600. The number of nitrogens with one attached hydrogen (secondary N) is 1. The van der Waals surface area contributed by atoms with Crippen LogP contribution in [0.25, 0.3) is 0 Å². The summed E-state index contributed by atoms with van der Waals surface area (Å²) in [6, 6.07) is 0. The van der Waals surface area contributed by atoms with Crippen molar-refractivity contribution in [3.63, 3.8) is 0 Å². The highest BCUT2D eigenvalue weighted by molar-refractivity contribution is 6.22. The van der Waals surface area contributed by atoms with Crippen LogP contribution in [0.2, 0.25) is 0 Å². The summed E-state index contributed by atoms with van der Waals surface area (Å²) in [6.07, 6.45) is 7.28. The van der Waals surface area contributed by atoms with Gasteiger partial charge in [-0.05, 0) is 11.8 Å². The number of hydrogen-bond acceptors (Lipinski definition) is 4. The summed E-state index contributed by atoms with van der Waals surface area (Å²) in [5.74, 6) is 2.11. The highest BCUT2D eigenvalue weighted by Gasteiger charge is 2.37. The second-order valence-electron chi connectivity index (χ2n) is 5.56. The Balaban J connectivity index is 2.97. The first kappa shape index (κ1) is 15.5. The van der Waals surface area contributed by atoms with Gasteiger partial charge >= 0.3 is 0 Å². The number of rotatable bonds is 5. The Morgan fingerprint density at radius 1 is 1.37 bits per heavy atom. The van der Waals surface area contributed by atoms with Gasteiger partial charge in [-0.2, -0.15) is 0 Å². The molecule has 0 atom stereocenters. The molecule has 1 N–H and O–H groups in total. The van der Waals surface area contributed by atoms with Crippen LogP contribution in [0.3, 0.4) is 0 Å². The van der Waals surface area contributed by atoms with E-state index in [2.05, 4.69) is 11.4 Å². The summed E-state index contributed by atoms with van der Waals surface area (Å²) in [4.78, 5) is 29.4. The fourth-order valence-electron chi connectivity index (χ4n) is 2.24. The summed E-state index contributed by atoms with van der Waals surface area (Å²) in [7, 11) is 0. The minimum atomic E-state index is -0.255. The minimum absolute atomic E-state index is 0.0916. The molecule has 0 aromatic carbocycles. The Morgan fingerprint density at radius 3 is 2.42 bits per heavy atom. The number of hydrogen-bond donors (Lipinski definition) is 1. The summed E-state index contributed by atoms with van der Waals surface area (Å²) < 4.78 is 0. The van der Waals surface area contributed by atoms with Crippen LogP contribution in [0, 0.1) is 17.8 Å². The largest absolute Gasteiger partial charge is 0.294 e. The molecule has 1 aliphatic carbocycles. The molecule has 4 heteroatoms.